The predicted molar refractivity (Wildman–Crippen MR) is 62.8 cm³/mol. The molecule has 2 aromatic rings. The average Bonchev–Trinajstić information content (AvgIpc) is 2.70. The van der Waals surface area contributed by atoms with Gasteiger partial charge in [-0.25, -0.2) is 4.39 Å². The Labute approximate surface area is 99.3 Å². The number of rotatable bonds is 3. The lowest BCUT2D eigenvalue weighted by Gasteiger charge is -2.12. The van der Waals surface area contributed by atoms with Gasteiger partial charge in [0.15, 0.2) is 0 Å². The lowest BCUT2D eigenvalue weighted by molar-refractivity contribution is 0.592. The molecule has 0 amide bonds. The van der Waals surface area contributed by atoms with E-state index in [-0.39, 0.29) is 5.82 Å². The van der Waals surface area contributed by atoms with Gasteiger partial charge in [-0.2, -0.15) is 5.10 Å². The van der Waals surface area contributed by atoms with Crippen molar-refractivity contribution in [1.29, 1.82) is 0 Å². The first-order valence-electron chi connectivity index (χ1n) is 5.51. The zero-order valence-corrected chi connectivity index (χ0v) is 9.89. The quantitative estimate of drug-likeness (QED) is 0.877. The predicted octanol–water partition coefficient (Wildman–Crippen LogP) is 1.56. The smallest absolute Gasteiger partial charge is 0.146 e. The lowest BCUT2D eigenvalue weighted by atomic mass is 10.00. The van der Waals surface area contributed by atoms with Gasteiger partial charge >= 0.3 is 0 Å². The first kappa shape index (κ1) is 11.7. The lowest BCUT2D eigenvalue weighted by Crippen LogP contribution is -2.14. The summed E-state index contributed by atoms with van der Waals surface area (Å²) in [5, 5.41) is 4.30. The van der Waals surface area contributed by atoms with Gasteiger partial charge in [0.25, 0.3) is 0 Å². The molecule has 2 rings (SSSR count). The van der Waals surface area contributed by atoms with Crippen LogP contribution in [0.1, 0.15) is 29.8 Å². The molecule has 0 radical (unpaired) electrons. The molecule has 0 bridgehead atoms. The van der Waals surface area contributed by atoms with Crippen LogP contribution in [0.15, 0.2) is 24.7 Å². The first-order valence-corrected chi connectivity index (χ1v) is 5.51. The maximum atomic E-state index is 13.6. The third-order valence-corrected chi connectivity index (χ3v) is 2.75. The molecule has 0 aromatic carbocycles. The zero-order chi connectivity index (χ0) is 12.4. The highest BCUT2D eigenvalue weighted by Crippen LogP contribution is 2.23. The number of aryl methyl sites for hydroxylation is 2. The molecule has 0 aliphatic heterocycles. The second kappa shape index (κ2) is 4.63. The Balaban J connectivity index is 2.43. The topological polar surface area (TPSA) is 56.7 Å². The zero-order valence-electron chi connectivity index (χ0n) is 9.89. The summed E-state index contributed by atoms with van der Waals surface area (Å²) in [6.07, 6.45) is 5.33. The molecule has 90 valence electrons. The first-order chi connectivity index (χ1) is 8.13. The van der Waals surface area contributed by atoms with Gasteiger partial charge in [-0.1, -0.05) is 6.92 Å². The van der Waals surface area contributed by atoms with E-state index in [1.807, 2.05) is 20.2 Å². The van der Waals surface area contributed by atoms with Gasteiger partial charge < -0.3 is 5.73 Å². The van der Waals surface area contributed by atoms with Gasteiger partial charge in [0.1, 0.15) is 5.82 Å². The molecule has 1 atom stereocenters. The van der Waals surface area contributed by atoms with E-state index in [9.17, 15) is 4.39 Å². The molecule has 17 heavy (non-hydrogen) atoms. The Morgan fingerprint density at radius 2 is 2.24 bits per heavy atom. The maximum Gasteiger partial charge on any atom is 0.146 e. The summed E-state index contributed by atoms with van der Waals surface area (Å²) in [5.41, 5.74) is 8.29. The van der Waals surface area contributed by atoms with Crippen LogP contribution in [0.4, 0.5) is 4.39 Å². The van der Waals surface area contributed by atoms with Crippen LogP contribution in [0.3, 0.4) is 0 Å². The number of aromatic nitrogens is 3. The summed E-state index contributed by atoms with van der Waals surface area (Å²) in [5.74, 6) is -0.383. The molecular formula is C12H15FN4. The van der Waals surface area contributed by atoms with E-state index in [0.29, 0.717) is 5.56 Å². The van der Waals surface area contributed by atoms with E-state index in [2.05, 4.69) is 10.1 Å². The highest BCUT2D eigenvalue weighted by molar-refractivity contribution is 5.32. The Kier molecular flexibility index (Phi) is 3.19. The number of pyridine rings is 1. The van der Waals surface area contributed by atoms with E-state index in [1.165, 1.54) is 6.20 Å². The summed E-state index contributed by atoms with van der Waals surface area (Å²) < 4.78 is 15.3. The standard InChI is InChI=1S/C12H15FN4/c1-3-11-9(7-17(2)16-11)12(14)8-4-5-15-6-10(8)13/h4-7,12H,3,14H2,1-2H3. The molecule has 0 aliphatic carbocycles. The van der Waals surface area contributed by atoms with Gasteiger partial charge in [0.2, 0.25) is 0 Å². The molecule has 2 N–H and O–H groups in total. The summed E-state index contributed by atoms with van der Waals surface area (Å²) in [7, 11) is 1.83. The number of halogens is 1. The molecule has 0 fully saturated rings. The van der Waals surface area contributed by atoms with Crippen LogP contribution < -0.4 is 5.73 Å². The van der Waals surface area contributed by atoms with Crippen molar-refractivity contribution in [2.75, 3.05) is 0 Å². The highest BCUT2D eigenvalue weighted by atomic mass is 19.1. The molecular weight excluding hydrogens is 219 g/mol. The Morgan fingerprint density at radius 1 is 1.47 bits per heavy atom. The third-order valence-electron chi connectivity index (χ3n) is 2.75. The summed E-state index contributed by atoms with van der Waals surface area (Å²) in [6.45, 7) is 2.00. The van der Waals surface area contributed by atoms with Crippen molar-refractivity contribution in [3.63, 3.8) is 0 Å². The van der Waals surface area contributed by atoms with E-state index in [4.69, 9.17) is 5.73 Å². The van der Waals surface area contributed by atoms with Crippen molar-refractivity contribution in [2.24, 2.45) is 12.8 Å². The van der Waals surface area contributed by atoms with E-state index in [0.717, 1.165) is 17.7 Å². The Morgan fingerprint density at radius 3 is 2.88 bits per heavy atom. The highest BCUT2D eigenvalue weighted by Gasteiger charge is 2.18. The molecule has 0 saturated carbocycles. The van der Waals surface area contributed by atoms with Crippen LogP contribution >= 0.6 is 0 Å². The Bertz CT molecular complexity index is 521. The minimum Gasteiger partial charge on any atom is -0.320 e. The fourth-order valence-electron chi connectivity index (χ4n) is 1.89. The van der Waals surface area contributed by atoms with E-state index in [1.54, 1.807) is 16.9 Å². The normalized spacial score (nSPS) is 12.7. The summed E-state index contributed by atoms with van der Waals surface area (Å²) in [4.78, 5) is 3.72. The average molecular weight is 234 g/mol. The van der Waals surface area contributed by atoms with Gasteiger partial charge in [-0.05, 0) is 12.5 Å². The monoisotopic (exact) mass is 234 g/mol. The Hall–Kier alpha value is -1.75. The number of nitrogens with zero attached hydrogens (tertiary/aromatic N) is 3. The minimum absolute atomic E-state index is 0.383. The van der Waals surface area contributed by atoms with Crippen LogP contribution in [0.5, 0.6) is 0 Å². The van der Waals surface area contributed by atoms with Crippen LogP contribution in [-0.2, 0) is 13.5 Å². The molecule has 2 aromatic heterocycles. The van der Waals surface area contributed by atoms with Crippen molar-refractivity contribution in [2.45, 2.75) is 19.4 Å². The van der Waals surface area contributed by atoms with Crippen LogP contribution in [0.25, 0.3) is 0 Å². The van der Waals surface area contributed by atoms with Crippen molar-refractivity contribution < 1.29 is 4.39 Å². The van der Waals surface area contributed by atoms with Crippen molar-refractivity contribution in [1.82, 2.24) is 14.8 Å². The molecule has 5 heteroatoms. The van der Waals surface area contributed by atoms with Crippen molar-refractivity contribution in [3.05, 3.63) is 47.3 Å². The molecule has 1 unspecified atom stereocenters. The largest absolute Gasteiger partial charge is 0.320 e. The molecule has 2 heterocycles. The molecule has 0 saturated heterocycles. The van der Waals surface area contributed by atoms with Crippen molar-refractivity contribution >= 4 is 0 Å². The fraction of sp³-hybridized carbons (Fsp3) is 0.333. The fourth-order valence-corrected chi connectivity index (χ4v) is 1.89. The SMILES string of the molecule is CCc1nn(C)cc1C(N)c1ccncc1F. The van der Waals surface area contributed by atoms with Gasteiger partial charge in [0, 0.05) is 30.6 Å². The number of hydrogen-bond donors (Lipinski definition) is 1. The van der Waals surface area contributed by atoms with Crippen LogP contribution in [-0.4, -0.2) is 14.8 Å². The number of nitrogens with two attached hydrogens (primary N) is 1. The van der Waals surface area contributed by atoms with Gasteiger partial charge in [-0.3, -0.25) is 9.67 Å². The minimum atomic E-state index is -0.498. The third kappa shape index (κ3) is 2.19. The van der Waals surface area contributed by atoms with Crippen molar-refractivity contribution in [3.8, 4) is 0 Å². The second-order valence-corrected chi connectivity index (χ2v) is 3.93. The maximum absolute atomic E-state index is 13.6. The second-order valence-electron chi connectivity index (χ2n) is 3.93. The van der Waals surface area contributed by atoms with Crippen LogP contribution in [0.2, 0.25) is 0 Å². The van der Waals surface area contributed by atoms with Crippen LogP contribution in [0, 0.1) is 5.82 Å². The molecule has 0 aliphatic rings. The van der Waals surface area contributed by atoms with Gasteiger partial charge in [0.05, 0.1) is 17.9 Å². The van der Waals surface area contributed by atoms with Gasteiger partial charge in [-0.15, -0.1) is 0 Å². The molecule has 0 spiro atoms. The summed E-state index contributed by atoms with van der Waals surface area (Å²) in [6, 6.07) is 1.11. The van der Waals surface area contributed by atoms with E-state index < -0.39 is 6.04 Å². The van der Waals surface area contributed by atoms with E-state index >= 15 is 0 Å². The number of hydrogen-bond acceptors (Lipinski definition) is 3. The summed E-state index contributed by atoms with van der Waals surface area (Å²) >= 11 is 0. The molecule has 4 nitrogen and oxygen atoms in total.